The van der Waals surface area contributed by atoms with E-state index in [9.17, 15) is 4.79 Å². The Bertz CT molecular complexity index is 638. The third kappa shape index (κ3) is 1.45. The second kappa shape index (κ2) is 3.60. The molecule has 0 amide bonds. The normalized spacial score (nSPS) is 13.8. The molecule has 0 saturated heterocycles. The van der Waals surface area contributed by atoms with Gasteiger partial charge in [0.15, 0.2) is 5.43 Å². The van der Waals surface area contributed by atoms with Crippen molar-refractivity contribution < 1.29 is 0 Å². The first-order valence-electron chi connectivity index (χ1n) is 5.57. The summed E-state index contributed by atoms with van der Waals surface area (Å²) in [6.07, 6.45) is 6.29. The Morgan fingerprint density at radius 2 is 1.94 bits per heavy atom. The maximum atomic E-state index is 12.0. The van der Waals surface area contributed by atoms with E-state index in [1.807, 2.05) is 24.3 Å². The Balaban J connectivity index is 2.49. The summed E-state index contributed by atoms with van der Waals surface area (Å²) in [4.78, 5) is 12.0. The molecular weight excluding hydrogens is 196 g/mol. The molecule has 1 nitrogen and oxygen atoms in total. The van der Waals surface area contributed by atoms with Gasteiger partial charge in [0.25, 0.3) is 0 Å². The minimum atomic E-state index is 0.132. The van der Waals surface area contributed by atoms with Gasteiger partial charge < -0.3 is 0 Å². The van der Waals surface area contributed by atoms with Gasteiger partial charge in [0.1, 0.15) is 0 Å². The van der Waals surface area contributed by atoms with Gasteiger partial charge in [-0.25, -0.2) is 0 Å². The van der Waals surface area contributed by atoms with Crippen molar-refractivity contribution in [2.75, 3.05) is 0 Å². The smallest absolute Gasteiger partial charge is 0.186 e. The number of allylic oxidation sites excluding steroid dienone is 1. The van der Waals surface area contributed by atoms with E-state index in [1.165, 1.54) is 11.1 Å². The second-order valence-electron chi connectivity index (χ2n) is 4.16. The Hall–Kier alpha value is -1.89. The van der Waals surface area contributed by atoms with Crippen molar-refractivity contribution in [2.24, 2.45) is 0 Å². The fourth-order valence-corrected chi connectivity index (χ4v) is 2.25. The lowest BCUT2D eigenvalue weighted by atomic mass is 10.00. The van der Waals surface area contributed by atoms with E-state index in [-0.39, 0.29) is 5.43 Å². The molecular formula is C15H12O. The third-order valence-electron chi connectivity index (χ3n) is 3.09. The van der Waals surface area contributed by atoms with Crippen LogP contribution in [0.1, 0.15) is 17.5 Å². The molecule has 16 heavy (non-hydrogen) atoms. The standard InChI is InChI=1S/C15H12O/c16-15-10-12-6-2-1-5-11(12)9-13-7-3-4-8-14(13)15/h1,3-5,7-10H,2,6H2. The molecule has 0 atom stereocenters. The van der Waals surface area contributed by atoms with Gasteiger partial charge in [0.2, 0.25) is 0 Å². The summed E-state index contributed by atoms with van der Waals surface area (Å²) in [5.41, 5.74) is 2.49. The number of fused-ring (bicyclic) bond motifs is 2. The minimum absolute atomic E-state index is 0.132. The van der Waals surface area contributed by atoms with Crippen molar-refractivity contribution in [1.29, 1.82) is 0 Å². The lowest BCUT2D eigenvalue weighted by Crippen LogP contribution is -1.98. The monoisotopic (exact) mass is 208 g/mol. The molecule has 0 aliphatic heterocycles. The molecule has 1 aliphatic carbocycles. The Morgan fingerprint density at radius 3 is 2.88 bits per heavy atom. The molecule has 0 aromatic heterocycles. The van der Waals surface area contributed by atoms with E-state index < -0.39 is 0 Å². The molecule has 0 fully saturated rings. The van der Waals surface area contributed by atoms with E-state index in [1.54, 1.807) is 6.07 Å². The molecule has 0 N–H and O–H groups in total. The molecule has 0 spiro atoms. The summed E-state index contributed by atoms with van der Waals surface area (Å²) < 4.78 is 0. The highest BCUT2D eigenvalue weighted by Crippen LogP contribution is 2.20. The average molecular weight is 208 g/mol. The van der Waals surface area contributed by atoms with E-state index in [4.69, 9.17) is 0 Å². The van der Waals surface area contributed by atoms with Gasteiger partial charge in [0.05, 0.1) is 0 Å². The molecule has 3 rings (SSSR count). The molecule has 0 bridgehead atoms. The average Bonchev–Trinajstić information content (AvgIpc) is 2.45. The molecule has 0 radical (unpaired) electrons. The van der Waals surface area contributed by atoms with Crippen molar-refractivity contribution >= 4 is 16.8 Å². The minimum Gasteiger partial charge on any atom is -0.289 e. The van der Waals surface area contributed by atoms with Crippen LogP contribution in [0.5, 0.6) is 0 Å². The van der Waals surface area contributed by atoms with Gasteiger partial charge in [0, 0.05) is 5.39 Å². The van der Waals surface area contributed by atoms with E-state index in [0.29, 0.717) is 0 Å². The van der Waals surface area contributed by atoms with Crippen LogP contribution in [0.15, 0.2) is 47.3 Å². The number of hydrogen-bond acceptors (Lipinski definition) is 1. The predicted molar refractivity (Wildman–Crippen MR) is 67.6 cm³/mol. The first kappa shape index (κ1) is 9.34. The van der Waals surface area contributed by atoms with Gasteiger partial charge in [-0.3, -0.25) is 4.79 Å². The molecule has 1 aliphatic rings. The molecule has 2 aromatic rings. The first-order valence-corrected chi connectivity index (χ1v) is 5.57. The lowest BCUT2D eigenvalue weighted by Gasteiger charge is -2.05. The van der Waals surface area contributed by atoms with E-state index in [0.717, 1.165) is 23.6 Å². The van der Waals surface area contributed by atoms with Gasteiger partial charge in [-0.2, -0.15) is 0 Å². The van der Waals surface area contributed by atoms with Crippen LogP contribution in [-0.4, -0.2) is 0 Å². The van der Waals surface area contributed by atoms with Crippen LogP contribution in [0, 0.1) is 0 Å². The number of hydrogen-bond donors (Lipinski definition) is 0. The van der Waals surface area contributed by atoms with Crippen LogP contribution in [0.3, 0.4) is 0 Å². The highest BCUT2D eigenvalue weighted by atomic mass is 16.1. The van der Waals surface area contributed by atoms with Crippen LogP contribution in [0.25, 0.3) is 16.8 Å². The van der Waals surface area contributed by atoms with E-state index in [2.05, 4.69) is 18.2 Å². The maximum absolute atomic E-state index is 12.0. The van der Waals surface area contributed by atoms with Crippen LogP contribution in [-0.2, 0) is 6.42 Å². The Morgan fingerprint density at radius 1 is 1.06 bits per heavy atom. The van der Waals surface area contributed by atoms with Crippen LogP contribution in [0.4, 0.5) is 0 Å². The molecule has 2 aromatic carbocycles. The second-order valence-corrected chi connectivity index (χ2v) is 4.16. The zero-order valence-electron chi connectivity index (χ0n) is 8.94. The predicted octanol–water partition coefficient (Wildman–Crippen LogP) is 3.16. The molecule has 0 saturated carbocycles. The molecule has 78 valence electrons. The van der Waals surface area contributed by atoms with Crippen LogP contribution in [0.2, 0.25) is 0 Å². The summed E-state index contributed by atoms with van der Waals surface area (Å²) in [7, 11) is 0. The largest absolute Gasteiger partial charge is 0.289 e. The van der Waals surface area contributed by atoms with E-state index >= 15 is 0 Å². The molecule has 0 heterocycles. The number of benzene rings is 1. The van der Waals surface area contributed by atoms with Crippen molar-refractivity contribution in [3.63, 3.8) is 0 Å². The van der Waals surface area contributed by atoms with Crippen molar-refractivity contribution in [3.05, 3.63) is 63.8 Å². The highest BCUT2D eigenvalue weighted by Gasteiger charge is 2.05. The summed E-state index contributed by atoms with van der Waals surface area (Å²) in [6, 6.07) is 11.7. The molecule has 0 unspecified atom stereocenters. The van der Waals surface area contributed by atoms with Gasteiger partial charge >= 0.3 is 0 Å². The van der Waals surface area contributed by atoms with Crippen molar-refractivity contribution in [1.82, 2.24) is 0 Å². The van der Waals surface area contributed by atoms with Crippen molar-refractivity contribution in [2.45, 2.75) is 12.8 Å². The fraction of sp³-hybridized carbons (Fsp3) is 0.133. The van der Waals surface area contributed by atoms with Gasteiger partial charge in [-0.05, 0) is 41.5 Å². The zero-order valence-corrected chi connectivity index (χ0v) is 8.94. The zero-order chi connectivity index (χ0) is 11.0. The fourth-order valence-electron chi connectivity index (χ4n) is 2.25. The summed E-state index contributed by atoms with van der Waals surface area (Å²) in [5.74, 6) is 0. The summed E-state index contributed by atoms with van der Waals surface area (Å²) in [6.45, 7) is 0. The van der Waals surface area contributed by atoms with Gasteiger partial charge in [-0.15, -0.1) is 0 Å². The first-order chi connectivity index (χ1) is 7.84. The Labute approximate surface area is 94.0 Å². The summed E-state index contributed by atoms with van der Waals surface area (Å²) >= 11 is 0. The SMILES string of the molecule is O=c1cc2c(cc3ccccc13)C=CCC2. The topological polar surface area (TPSA) is 17.1 Å². The highest BCUT2D eigenvalue weighted by molar-refractivity contribution is 5.84. The van der Waals surface area contributed by atoms with Gasteiger partial charge in [-0.1, -0.05) is 36.4 Å². The summed E-state index contributed by atoms with van der Waals surface area (Å²) in [5, 5.41) is 1.84. The van der Waals surface area contributed by atoms with Crippen LogP contribution < -0.4 is 5.43 Å². The molecule has 1 heteroatoms. The third-order valence-corrected chi connectivity index (χ3v) is 3.09. The lowest BCUT2D eigenvalue weighted by molar-refractivity contribution is 0.988. The van der Waals surface area contributed by atoms with Crippen molar-refractivity contribution in [3.8, 4) is 0 Å². The number of aryl methyl sites for hydroxylation is 1. The quantitative estimate of drug-likeness (QED) is 0.650. The van der Waals surface area contributed by atoms with Crippen LogP contribution >= 0.6 is 0 Å². The maximum Gasteiger partial charge on any atom is 0.186 e. The Kier molecular flexibility index (Phi) is 2.10. The number of rotatable bonds is 0.